The van der Waals surface area contributed by atoms with Crippen molar-refractivity contribution in [2.75, 3.05) is 10.6 Å². The van der Waals surface area contributed by atoms with Gasteiger partial charge < -0.3 is 10.1 Å². The lowest BCUT2D eigenvalue weighted by molar-refractivity contribution is 0.0635. The fourth-order valence-corrected chi connectivity index (χ4v) is 2.63. The van der Waals surface area contributed by atoms with E-state index in [0.717, 1.165) is 35.0 Å². The Bertz CT molecular complexity index is 1220. The first-order valence-electron chi connectivity index (χ1n) is 9.49. The molecule has 10 heteroatoms. The van der Waals surface area contributed by atoms with Crippen molar-refractivity contribution in [3.05, 3.63) is 82.3 Å². The van der Waals surface area contributed by atoms with E-state index in [-0.39, 0.29) is 22.8 Å². The van der Waals surface area contributed by atoms with Crippen LogP contribution in [0.3, 0.4) is 0 Å². The Hall–Kier alpha value is -4.08. The van der Waals surface area contributed by atoms with Crippen LogP contribution >= 0.6 is 0 Å². The predicted molar refractivity (Wildman–Crippen MR) is 114 cm³/mol. The largest absolute Gasteiger partial charge is 0.444 e. The first kappa shape index (κ1) is 22.6. The summed E-state index contributed by atoms with van der Waals surface area (Å²) in [6, 6.07) is 10.7. The normalized spacial score (nSPS) is 11.0. The van der Waals surface area contributed by atoms with Gasteiger partial charge in [-0.05, 0) is 69.3 Å². The van der Waals surface area contributed by atoms with Gasteiger partial charge in [-0.25, -0.2) is 13.6 Å². The highest BCUT2D eigenvalue weighted by atomic mass is 19.1. The molecule has 2 amide bonds. The highest BCUT2D eigenvalue weighted by Crippen LogP contribution is 2.24. The van der Waals surface area contributed by atoms with Crippen LogP contribution in [0.25, 0.3) is 5.69 Å². The van der Waals surface area contributed by atoms with Crippen molar-refractivity contribution >= 4 is 23.4 Å². The second-order valence-electron chi connectivity index (χ2n) is 7.72. The lowest BCUT2D eigenvalue weighted by Gasteiger charge is -2.20. The molecule has 0 aliphatic carbocycles. The van der Waals surface area contributed by atoms with Crippen molar-refractivity contribution in [2.45, 2.75) is 26.4 Å². The number of anilines is 2. The third-order valence-electron chi connectivity index (χ3n) is 3.97. The molecule has 0 spiro atoms. The summed E-state index contributed by atoms with van der Waals surface area (Å²) in [4.78, 5) is 36.9. The predicted octanol–water partition coefficient (Wildman–Crippen LogP) is 4.11. The second kappa shape index (κ2) is 8.96. The summed E-state index contributed by atoms with van der Waals surface area (Å²) in [6.45, 7) is 5.05. The van der Waals surface area contributed by atoms with E-state index in [0.29, 0.717) is 0 Å². The summed E-state index contributed by atoms with van der Waals surface area (Å²) in [5, 5.41) is 8.90. The molecule has 32 heavy (non-hydrogen) atoms. The maximum Gasteiger partial charge on any atom is 0.412 e. The van der Waals surface area contributed by atoms with Crippen molar-refractivity contribution < 1.29 is 23.1 Å². The standard InChI is InChI=1S/C22H20F2N4O4/c1-22(2,3)32-21(31)26-16-9-6-14(24)12-18(16)25-20(30)17-10-11-19(29)28(27-17)15-7-4-13(23)5-8-15/h4-12H,1-3H3,(H,25,30)(H,26,31). The average molecular weight is 442 g/mol. The number of hydrogen-bond acceptors (Lipinski definition) is 5. The lowest BCUT2D eigenvalue weighted by atomic mass is 10.2. The van der Waals surface area contributed by atoms with E-state index < -0.39 is 34.8 Å². The fraction of sp³-hybridized carbons (Fsp3) is 0.182. The van der Waals surface area contributed by atoms with Gasteiger partial charge >= 0.3 is 6.09 Å². The molecule has 0 aliphatic rings. The Kier molecular flexibility index (Phi) is 6.33. The smallest absolute Gasteiger partial charge is 0.412 e. The van der Waals surface area contributed by atoms with Crippen LogP contribution in [0.1, 0.15) is 31.3 Å². The number of amides is 2. The topological polar surface area (TPSA) is 102 Å². The minimum Gasteiger partial charge on any atom is -0.444 e. The number of aromatic nitrogens is 2. The van der Waals surface area contributed by atoms with Crippen LogP contribution in [-0.4, -0.2) is 27.4 Å². The quantitative estimate of drug-likeness (QED) is 0.633. The monoisotopic (exact) mass is 442 g/mol. The summed E-state index contributed by atoms with van der Waals surface area (Å²) in [5.74, 6) is -1.91. The zero-order valence-corrected chi connectivity index (χ0v) is 17.5. The molecule has 0 unspecified atom stereocenters. The summed E-state index contributed by atoms with van der Waals surface area (Å²) < 4.78 is 33.1. The molecule has 3 rings (SSSR count). The van der Waals surface area contributed by atoms with Crippen molar-refractivity contribution in [3.8, 4) is 5.69 Å². The number of rotatable bonds is 4. The van der Waals surface area contributed by atoms with Gasteiger partial charge in [0.25, 0.3) is 11.5 Å². The minimum atomic E-state index is -0.789. The zero-order valence-electron chi connectivity index (χ0n) is 17.5. The molecule has 2 aromatic carbocycles. The van der Waals surface area contributed by atoms with Crippen molar-refractivity contribution in [2.24, 2.45) is 0 Å². The first-order chi connectivity index (χ1) is 15.0. The van der Waals surface area contributed by atoms with Crippen LogP contribution in [0.5, 0.6) is 0 Å². The van der Waals surface area contributed by atoms with Crippen molar-refractivity contribution in [1.82, 2.24) is 9.78 Å². The van der Waals surface area contributed by atoms with E-state index in [4.69, 9.17) is 4.74 Å². The third kappa shape index (κ3) is 5.75. The van der Waals surface area contributed by atoms with Gasteiger partial charge in [0.2, 0.25) is 0 Å². The molecule has 0 aliphatic heterocycles. The molecular formula is C22H20F2N4O4. The van der Waals surface area contributed by atoms with Gasteiger partial charge in [0.05, 0.1) is 17.1 Å². The van der Waals surface area contributed by atoms with Crippen LogP contribution in [0, 0.1) is 11.6 Å². The van der Waals surface area contributed by atoms with E-state index in [1.807, 2.05) is 0 Å². The van der Waals surface area contributed by atoms with E-state index in [9.17, 15) is 23.2 Å². The van der Waals surface area contributed by atoms with Gasteiger partial charge in [-0.15, -0.1) is 0 Å². The molecule has 166 valence electrons. The molecule has 8 nitrogen and oxygen atoms in total. The number of carbonyl (C=O) groups excluding carboxylic acids is 2. The Morgan fingerprint density at radius 2 is 1.56 bits per heavy atom. The number of benzene rings is 2. The number of nitrogens with one attached hydrogen (secondary N) is 2. The van der Waals surface area contributed by atoms with E-state index >= 15 is 0 Å². The number of nitrogens with zero attached hydrogens (tertiary/aromatic N) is 2. The van der Waals surface area contributed by atoms with E-state index in [1.54, 1.807) is 20.8 Å². The van der Waals surface area contributed by atoms with Crippen LogP contribution in [0.4, 0.5) is 25.0 Å². The zero-order chi connectivity index (χ0) is 23.5. The van der Waals surface area contributed by atoms with Crippen LogP contribution in [0.15, 0.2) is 59.4 Å². The van der Waals surface area contributed by atoms with E-state index in [2.05, 4.69) is 15.7 Å². The lowest BCUT2D eigenvalue weighted by Crippen LogP contribution is -2.28. The number of carbonyl (C=O) groups is 2. The molecule has 0 atom stereocenters. The molecule has 0 bridgehead atoms. The highest BCUT2D eigenvalue weighted by Gasteiger charge is 2.19. The average Bonchev–Trinajstić information content (AvgIpc) is 2.69. The van der Waals surface area contributed by atoms with Crippen molar-refractivity contribution in [3.63, 3.8) is 0 Å². The number of hydrogen-bond donors (Lipinski definition) is 2. The van der Waals surface area contributed by atoms with Gasteiger partial charge in [-0.1, -0.05) is 0 Å². The van der Waals surface area contributed by atoms with Gasteiger partial charge in [-0.3, -0.25) is 14.9 Å². The SMILES string of the molecule is CC(C)(C)OC(=O)Nc1ccc(F)cc1NC(=O)c1ccc(=O)n(-c2ccc(F)cc2)n1. The van der Waals surface area contributed by atoms with Gasteiger partial charge in [0, 0.05) is 6.07 Å². The Morgan fingerprint density at radius 1 is 0.906 bits per heavy atom. The molecule has 2 N–H and O–H groups in total. The number of halogens is 2. The van der Waals surface area contributed by atoms with Crippen LogP contribution in [-0.2, 0) is 4.74 Å². The summed E-state index contributed by atoms with van der Waals surface area (Å²) in [5.41, 5.74) is -1.15. The summed E-state index contributed by atoms with van der Waals surface area (Å²) in [7, 11) is 0. The first-order valence-corrected chi connectivity index (χ1v) is 9.49. The molecule has 0 saturated heterocycles. The third-order valence-corrected chi connectivity index (χ3v) is 3.97. The van der Waals surface area contributed by atoms with Crippen LogP contribution in [0.2, 0.25) is 0 Å². The molecule has 0 fully saturated rings. The Labute approximate surface area is 181 Å². The molecular weight excluding hydrogens is 422 g/mol. The van der Waals surface area contributed by atoms with Gasteiger partial charge in [0.1, 0.15) is 22.9 Å². The Balaban J connectivity index is 1.87. The highest BCUT2D eigenvalue weighted by molar-refractivity contribution is 6.05. The Morgan fingerprint density at radius 3 is 2.22 bits per heavy atom. The molecule has 3 aromatic rings. The molecule has 0 radical (unpaired) electrons. The molecule has 0 saturated carbocycles. The minimum absolute atomic E-state index is 0.0396. The molecule has 1 aromatic heterocycles. The van der Waals surface area contributed by atoms with Crippen molar-refractivity contribution in [1.29, 1.82) is 0 Å². The van der Waals surface area contributed by atoms with Crippen LogP contribution < -0.4 is 16.2 Å². The molecule has 1 heterocycles. The number of ether oxygens (including phenoxy) is 1. The second-order valence-corrected chi connectivity index (χ2v) is 7.72. The van der Waals surface area contributed by atoms with E-state index in [1.165, 1.54) is 24.3 Å². The maximum absolute atomic E-state index is 13.8. The van der Waals surface area contributed by atoms with Gasteiger partial charge in [-0.2, -0.15) is 9.78 Å². The summed E-state index contributed by atoms with van der Waals surface area (Å²) >= 11 is 0. The maximum atomic E-state index is 13.8. The van der Waals surface area contributed by atoms with Gasteiger partial charge in [0.15, 0.2) is 0 Å². The summed E-state index contributed by atoms with van der Waals surface area (Å²) in [6.07, 6.45) is -0.789. The fourth-order valence-electron chi connectivity index (χ4n) is 2.63.